The smallest absolute Gasteiger partial charge is 0.215 e. The molecule has 2 heterocycles. The third kappa shape index (κ3) is 5.23. The minimum atomic E-state index is -3.31. The van der Waals surface area contributed by atoms with Crippen molar-refractivity contribution in [2.75, 3.05) is 24.5 Å². The standard InChI is InChI=1S/C17H24N4O2S2/c1-2-16-19-20-17(24-16)21-10-6-9-15(12-21)11-18-25(22,23)13-14-7-4-3-5-8-14/h3-5,7-8,15,18H,2,6,9-13H2,1H3/t15-/m0/s1. The van der Waals surface area contributed by atoms with Gasteiger partial charge in [-0.1, -0.05) is 48.6 Å². The number of anilines is 1. The molecule has 0 aliphatic carbocycles. The Morgan fingerprint density at radius 2 is 2.08 bits per heavy atom. The molecule has 0 unspecified atom stereocenters. The van der Waals surface area contributed by atoms with Crippen LogP contribution in [0, 0.1) is 5.92 Å². The molecule has 6 nitrogen and oxygen atoms in total. The molecule has 1 fully saturated rings. The number of aryl methyl sites for hydroxylation is 1. The van der Waals surface area contributed by atoms with Crippen molar-refractivity contribution in [2.45, 2.75) is 31.9 Å². The maximum atomic E-state index is 12.3. The summed E-state index contributed by atoms with van der Waals surface area (Å²) in [5, 5.41) is 10.4. The van der Waals surface area contributed by atoms with Gasteiger partial charge < -0.3 is 4.90 Å². The highest BCUT2D eigenvalue weighted by molar-refractivity contribution is 7.88. The average Bonchev–Trinajstić information content (AvgIpc) is 3.10. The highest BCUT2D eigenvalue weighted by Gasteiger charge is 2.24. The second-order valence-electron chi connectivity index (χ2n) is 6.38. The van der Waals surface area contributed by atoms with Gasteiger partial charge in [0.2, 0.25) is 15.2 Å². The van der Waals surface area contributed by atoms with E-state index < -0.39 is 10.0 Å². The molecular formula is C17H24N4O2S2. The molecule has 0 spiro atoms. The van der Waals surface area contributed by atoms with E-state index in [1.807, 2.05) is 30.3 Å². The van der Waals surface area contributed by atoms with Gasteiger partial charge in [0, 0.05) is 19.6 Å². The zero-order valence-electron chi connectivity index (χ0n) is 14.4. The number of hydrogen-bond donors (Lipinski definition) is 1. The number of aromatic nitrogens is 2. The lowest BCUT2D eigenvalue weighted by molar-refractivity contribution is 0.410. The molecule has 25 heavy (non-hydrogen) atoms. The quantitative estimate of drug-likeness (QED) is 0.798. The van der Waals surface area contributed by atoms with Crippen LogP contribution in [0.25, 0.3) is 0 Å². The van der Waals surface area contributed by atoms with E-state index >= 15 is 0 Å². The number of sulfonamides is 1. The summed E-state index contributed by atoms with van der Waals surface area (Å²) in [5.41, 5.74) is 0.807. The van der Waals surface area contributed by atoms with E-state index in [1.165, 1.54) is 0 Å². The monoisotopic (exact) mass is 380 g/mol. The Hall–Kier alpha value is -1.51. The minimum absolute atomic E-state index is 0.0283. The van der Waals surface area contributed by atoms with E-state index in [1.54, 1.807) is 11.3 Å². The van der Waals surface area contributed by atoms with Crippen LogP contribution in [-0.2, 0) is 22.2 Å². The van der Waals surface area contributed by atoms with E-state index in [-0.39, 0.29) is 5.75 Å². The number of nitrogens with zero attached hydrogens (tertiary/aromatic N) is 3. The minimum Gasteiger partial charge on any atom is -0.346 e. The second-order valence-corrected chi connectivity index (χ2v) is 9.23. The first-order valence-electron chi connectivity index (χ1n) is 8.64. The first kappa shape index (κ1) is 18.3. The molecule has 1 saturated heterocycles. The van der Waals surface area contributed by atoms with Crippen LogP contribution in [-0.4, -0.2) is 38.2 Å². The Labute approximate surface area is 153 Å². The van der Waals surface area contributed by atoms with Crippen molar-refractivity contribution >= 4 is 26.5 Å². The number of rotatable bonds is 7. The highest BCUT2D eigenvalue weighted by atomic mass is 32.2. The molecule has 136 valence electrons. The van der Waals surface area contributed by atoms with Crippen LogP contribution in [0.1, 0.15) is 30.3 Å². The fourth-order valence-electron chi connectivity index (χ4n) is 3.01. The molecule has 1 atom stereocenters. The first-order valence-corrected chi connectivity index (χ1v) is 11.1. The summed E-state index contributed by atoms with van der Waals surface area (Å²) in [5.74, 6) is 0.328. The van der Waals surface area contributed by atoms with Crippen LogP contribution in [0.4, 0.5) is 5.13 Å². The van der Waals surface area contributed by atoms with E-state index in [9.17, 15) is 8.42 Å². The predicted molar refractivity (Wildman–Crippen MR) is 101 cm³/mol. The third-order valence-corrected chi connectivity index (χ3v) is 6.79. The molecule has 2 aromatic rings. The Kier molecular flexibility index (Phi) is 6.03. The predicted octanol–water partition coefficient (Wildman–Crippen LogP) is 2.44. The number of nitrogens with one attached hydrogen (secondary N) is 1. The molecular weight excluding hydrogens is 356 g/mol. The molecule has 0 radical (unpaired) electrons. The Balaban J connectivity index is 1.54. The summed E-state index contributed by atoms with van der Waals surface area (Å²) >= 11 is 1.63. The van der Waals surface area contributed by atoms with Crippen molar-refractivity contribution in [1.82, 2.24) is 14.9 Å². The van der Waals surface area contributed by atoms with E-state index in [0.717, 1.165) is 48.1 Å². The van der Waals surface area contributed by atoms with Crippen molar-refractivity contribution in [1.29, 1.82) is 0 Å². The second kappa shape index (κ2) is 8.25. The van der Waals surface area contributed by atoms with Crippen molar-refractivity contribution in [3.8, 4) is 0 Å². The van der Waals surface area contributed by atoms with Gasteiger partial charge in [-0.25, -0.2) is 13.1 Å². The Bertz CT molecular complexity index is 777. The van der Waals surface area contributed by atoms with Crippen LogP contribution < -0.4 is 9.62 Å². The van der Waals surface area contributed by atoms with Crippen LogP contribution in [0.15, 0.2) is 30.3 Å². The zero-order valence-corrected chi connectivity index (χ0v) is 16.0. The third-order valence-electron chi connectivity index (χ3n) is 4.34. The maximum Gasteiger partial charge on any atom is 0.215 e. The lowest BCUT2D eigenvalue weighted by Crippen LogP contribution is -2.41. The molecule has 1 aliphatic rings. The van der Waals surface area contributed by atoms with Crippen LogP contribution >= 0.6 is 11.3 Å². The lowest BCUT2D eigenvalue weighted by Gasteiger charge is -2.32. The summed E-state index contributed by atoms with van der Waals surface area (Å²) in [6.45, 7) is 4.34. The van der Waals surface area contributed by atoms with Gasteiger partial charge in [-0.2, -0.15) is 0 Å². The molecule has 1 aromatic heterocycles. The van der Waals surface area contributed by atoms with E-state index in [2.05, 4.69) is 26.7 Å². The molecule has 0 amide bonds. The van der Waals surface area contributed by atoms with Gasteiger partial charge in [-0.15, -0.1) is 10.2 Å². The van der Waals surface area contributed by atoms with Gasteiger partial charge in [0.1, 0.15) is 5.01 Å². The van der Waals surface area contributed by atoms with Crippen molar-refractivity contribution < 1.29 is 8.42 Å². The van der Waals surface area contributed by atoms with Crippen molar-refractivity contribution in [3.63, 3.8) is 0 Å². The molecule has 1 N–H and O–H groups in total. The molecule has 3 rings (SSSR count). The maximum absolute atomic E-state index is 12.3. The summed E-state index contributed by atoms with van der Waals surface area (Å²) in [7, 11) is -3.31. The number of hydrogen-bond acceptors (Lipinski definition) is 6. The van der Waals surface area contributed by atoms with Gasteiger partial charge in [0.15, 0.2) is 0 Å². The van der Waals surface area contributed by atoms with Crippen molar-refractivity contribution in [3.05, 3.63) is 40.9 Å². The largest absolute Gasteiger partial charge is 0.346 e. The van der Waals surface area contributed by atoms with E-state index in [0.29, 0.717) is 12.5 Å². The molecule has 1 aliphatic heterocycles. The fourth-order valence-corrected chi connectivity index (χ4v) is 5.05. The van der Waals surface area contributed by atoms with Gasteiger partial charge in [0.05, 0.1) is 5.75 Å². The molecule has 8 heteroatoms. The summed E-state index contributed by atoms with van der Waals surface area (Å²) in [4.78, 5) is 2.23. The van der Waals surface area contributed by atoms with Crippen LogP contribution in [0.5, 0.6) is 0 Å². The summed E-state index contributed by atoms with van der Waals surface area (Å²) < 4.78 is 27.4. The van der Waals surface area contributed by atoms with E-state index in [4.69, 9.17) is 0 Å². The summed E-state index contributed by atoms with van der Waals surface area (Å²) in [6, 6.07) is 9.27. The van der Waals surface area contributed by atoms with Gasteiger partial charge in [-0.05, 0) is 30.7 Å². The first-order chi connectivity index (χ1) is 12.1. The summed E-state index contributed by atoms with van der Waals surface area (Å²) in [6.07, 6.45) is 2.98. The molecule has 0 saturated carbocycles. The molecule has 0 bridgehead atoms. The number of benzene rings is 1. The SMILES string of the molecule is CCc1nnc(N2CCC[C@@H](CNS(=O)(=O)Cc3ccccc3)C2)s1. The number of piperidine rings is 1. The van der Waals surface area contributed by atoms with Crippen LogP contribution in [0.2, 0.25) is 0 Å². The zero-order chi connectivity index (χ0) is 17.7. The van der Waals surface area contributed by atoms with Gasteiger partial charge in [0.25, 0.3) is 0 Å². The van der Waals surface area contributed by atoms with Crippen molar-refractivity contribution in [2.24, 2.45) is 5.92 Å². The average molecular weight is 381 g/mol. The topological polar surface area (TPSA) is 75.2 Å². The highest BCUT2D eigenvalue weighted by Crippen LogP contribution is 2.26. The lowest BCUT2D eigenvalue weighted by atomic mass is 9.99. The van der Waals surface area contributed by atoms with Crippen LogP contribution in [0.3, 0.4) is 0 Å². The molecule has 1 aromatic carbocycles. The Morgan fingerprint density at radius 1 is 1.28 bits per heavy atom. The fraction of sp³-hybridized carbons (Fsp3) is 0.529. The van der Waals surface area contributed by atoms with Gasteiger partial charge >= 0.3 is 0 Å². The van der Waals surface area contributed by atoms with Gasteiger partial charge in [-0.3, -0.25) is 0 Å². The normalized spacial score (nSPS) is 18.4. The Morgan fingerprint density at radius 3 is 2.80 bits per heavy atom.